The number of halogens is 2. The Morgan fingerprint density at radius 2 is 1.83 bits per heavy atom. The first kappa shape index (κ1) is 12.6. The highest BCUT2D eigenvalue weighted by molar-refractivity contribution is 9.10. The van der Waals surface area contributed by atoms with Gasteiger partial charge in [-0.1, -0.05) is 15.9 Å². The summed E-state index contributed by atoms with van der Waals surface area (Å²) in [6.07, 6.45) is 0. The summed E-state index contributed by atoms with van der Waals surface area (Å²) in [6.45, 7) is 0. The maximum Gasteiger partial charge on any atom is 0.339 e. The van der Waals surface area contributed by atoms with Crippen molar-refractivity contribution in [3.8, 4) is 11.5 Å². The van der Waals surface area contributed by atoms with Crippen molar-refractivity contribution < 1.29 is 19.0 Å². The van der Waals surface area contributed by atoms with Crippen molar-refractivity contribution in [1.82, 2.24) is 0 Å². The van der Waals surface area contributed by atoms with Crippen LogP contribution in [0.5, 0.6) is 11.5 Å². The third kappa shape index (κ3) is 2.87. The summed E-state index contributed by atoms with van der Waals surface area (Å²) in [5.74, 6) is -0.893. The zero-order valence-corrected chi connectivity index (χ0v) is 10.6. The SMILES string of the molecule is O=C(O)c1ccc(Br)cc1Oc1ccc(F)cc1. The third-order valence-corrected chi connectivity index (χ3v) is 2.71. The molecule has 0 heterocycles. The maximum atomic E-state index is 12.7. The normalized spacial score (nSPS) is 10.1. The van der Waals surface area contributed by atoms with Crippen LogP contribution in [0.1, 0.15) is 10.4 Å². The second kappa shape index (κ2) is 5.18. The van der Waals surface area contributed by atoms with E-state index in [1.54, 1.807) is 12.1 Å². The molecule has 2 aromatic carbocycles. The molecule has 0 aliphatic carbocycles. The van der Waals surface area contributed by atoms with Gasteiger partial charge in [0, 0.05) is 4.47 Å². The molecular weight excluding hydrogens is 303 g/mol. The number of hydrogen-bond acceptors (Lipinski definition) is 2. The van der Waals surface area contributed by atoms with Crippen LogP contribution in [0.3, 0.4) is 0 Å². The fourth-order valence-electron chi connectivity index (χ4n) is 1.39. The summed E-state index contributed by atoms with van der Waals surface area (Å²) in [5, 5.41) is 9.02. The van der Waals surface area contributed by atoms with Crippen molar-refractivity contribution in [2.75, 3.05) is 0 Å². The first-order valence-electron chi connectivity index (χ1n) is 5.02. The molecule has 0 unspecified atom stereocenters. The van der Waals surface area contributed by atoms with E-state index in [0.29, 0.717) is 10.2 Å². The molecule has 0 amide bonds. The van der Waals surface area contributed by atoms with Crippen LogP contribution in [0.15, 0.2) is 46.9 Å². The molecule has 0 radical (unpaired) electrons. The highest BCUT2D eigenvalue weighted by Crippen LogP contribution is 2.28. The van der Waals surface area contributed by atoms with E-state index in [4.69, 9.17) is 9.84 Å². The summed E-state index contributed by atoms with van der Waals surface area (Å²) < 4.78 is 18.9. The summed E-state index contributed by atoms with van der Waals surface area (Å²) in [5.41, 5.74) is 0.0440. The van der Waals surface area contributed by atoms with Crippen LogP contribution in [0.25, 0.3) is 0 Å². The van der Waals surface area contributed by atoms with Crippen LogP contribution in [-0.2, 0) is 0 Å². The van der Waals surface area contributed by atoms with Crippen molar-refractivity contribution in [3.05, 3.63) is 58.3 Å². The van der Waals surface area contributed by atoms with Gasteiger partial charge in [-0.05, 0) is 42.5 Å². The van der Waals surface area contributed by atoms with Crippen molar-refractivity contribution in [2.24, 2.45) is 0 Å². The van der Waals surface area contributed by atoms with Crippen molar-refractivity contribution >= 4 is 21.9 Å². The van der Waals surface area contributed by atoms with Crippen LogP contribution in [0.4, 0.5) is 4.39 Å². The van der Waals surface area contributed by atoms with E-state index < -0.39 is 5.97 Å². The number of carbonyl (C=O) groups is 1. The largest absolute Gasteiger partial charge is 0.478 e. The predicted molar refractivity (Wildman–Crippen MR) is 67.6 cm³/mol. The van der Waals surface area contributed by atoms with E-state index in [2.05, 4.69) is 15.9 Å². The van der Waals surface area contributed by atoms with E-state index in [-0.39, 0.29) is 17.1 Å². The quantitative estimate of drug-likeness (QED) is 0.929. The minimum Gasteiger partial charge on any atom is -0.478 e. The van der Waals surface area contributed by atoms with Crippen LogP contribution in [0, 0.1) is 5.82 Å². The summed E-state index contributed by atoms with van der Waals surface area (Å²) in [7, 11) is 0. The van der Waals surface area contributed by atoms with E-state index in [1.807, 2.05) is 0 Å². The molecule has 0 spiro atoms. The number of hydrogen-bond donors (Lipinski definition) is 1. The molecule has 18 heavy (non-hydrogen) atoms. The van der Waals surface area contributed by atoms with Crippen molar-refractivity contribution in [1.29, 1.82) is 0 Å². The fraction of sp³-hybridized carbons (Fsp3) is 0. The van der Waals surface area contributed by atoms with E-state index >= 15 is 0 Å². The van der Waals surface area contributed by atoms with Crippen LogP contribution in [0.2, 0.25) is 0 Å². The van der Waals surface area contributed by atoms with Gasteiger partial charge >= 0.3 is 5.97 Å². The van der Waals surface area contributed by atoms with Gasteiger partial charge in [0.2, 0.25) is 0 Å². The highest BCUT2D eigenvalue weighted by Gasteiger charge is 2.12. The van der Waals surface area contributed by atoms with Crippen molar-refractivity contribution in [3.63, 3.8) is 0 Å². The Labute approximate surface area is 111 Å². The predicted octanol–water partition coefficient (Wildman–Crippen LogP) is 4.08. The van der Waals surface area contributed by atoms with Gasteiger partial charge in [-0.2, -0.15) is 0 Å². The molecule has 0 saturated carbocycles. The lowest BCUT2D eigenvalue weighted by molar-refractivity contribution is 0.0694. The minimum atomic E-state index is -1.08. The molecule has 2 rings (SSSR count). The van der Waals surface area contributed by atoms with Gasteiger partial charge in [-0.3, -0.25) is 0 Å². The first-order valence-corrected chi connectivity index (χ1v) is 5.82. The Hall–Kier alpha value is -1.88. The Morgan fingerprint density at radius 1 is 1.17 bits per heavy atom. The van der Waals surface area contributed by atoms with Gasteiger partial charge < -0.3 is 9.84 Å². The van der Waals surface area contributed by atoms with Gasteiger partial charge in [-0.15, -0.1) is 0 Å². The molecule has 0 aromatic heterocycles. The lowest BCUT2D eigenvalue weighted by Crippen LogP contribution is -1.99. The Kier molecular flexibility index (Phi) is 3.62. The number of rotatable bonds is 3. The van der Waals surface area contributed by atoms with Crippen LogP contribution in [-0.4, -0.2) is 11.1 Å². The number of ether oxygens (including phenoxy) is 1. The van der Waals surface area contributed by atoms with Gasteiger partial charge in [0.05, 0.1) is 0 Å². The molecule has 0 aliphatic heterocycles. The second-order valence-corrected chi connectivity index (χ2v) is 4.42. The molecule has 0 aliphatic rings. The first-order chi connectivity index (χ1) is 8.56. The van der Waals surface area contributed by atoms with Gasteiger partial charge in [0.15, 0.2) is 0 Å². The number of carboxylic acids is 1. The van der Waals surface area contributed by atoms with Gasteiger partial charge in [-0.25, -0.2) is 9.18 Å². The van der Waals surface area contributed by atoms with Gasteiger partial charge in [0.25, 0.3) is 0 Å². The standard InChI is InChI=1S/C13H8BrFO3/c14-8-1-6-11(13(16)17)12(7-8)18-10-4-2-9(15)3-5-10/h1-7H,(H,16,17). The van der Waals surface area contributed by atoms with Crippen molar-refractivity contribution in [2.45, 2.75) is 0 Å². The Morgan fingerprint density at radius 3 is 2.44 bits per heavy atom. The third-order valence-electron chi connectivity index (χ3n) is 2.22. The average Bonchev–Trinajstić information content (AvgIpc) is 2.32. The molecule has 2 aromatic rings. The molecule has 0 bridgehead atoms. The maximum absolute atomic E-state index is 12.7. The minimum absolute atomic E-state index is 0.0440. The summed E-state index contributed by atoms with van der Waals surface area (Å²) in [6, 6.07) is 9.95. The second-order valence-electron chi connectivity index (χ2n) is 3.50. The molecule has 1 N–H and O–H groups in total. The topological polar surface area (TPSA) is 46.5 Å². The molecule has 0 saturated heterocycles. The lowest BCUT2D eigenvalue weighted by atomic mass is 10.2. The lowest BCUT2D eigenvalue weighted by Gasteiger charge is -2.09. The summed E-state index contributed by atoms with van der Waals surface area (Å²) in [4.78, 5) is 11.0. The average molecular weight is 311 g/mol. The fourth-order valence-corrected chi connectivity index (χ4v) is 1.73. The molecule has 5 heteroatoms. The number of benzene rings is 2. The Bertz CT molecular complexity index is 581. The molecular formula is C13H8BrFO3. The van der Waals surface area contributed by atoms with E-state index in [1.165, 1.54) is 30.3 Å². The monoisotopic (exact) mass is 310 g/mol. The molecule has 0 fully saturated rings. The zero-order chi connectivity index (χ0) is 13.1. The van der Waals surface area contributed by atoms with Crippen LogP contribution >= 0.6 is 15.9 Å². The van der Waals surface area contributed by atoms with Gasteiger partial charge in [0.1, 0.15) is 22.9 Å². The zero-order valence-electron chi connectivity index (χ0n) is 9.06. The number of carboxylic acid groups (broad SMARTS) is 1. The Balaban J connectivity index is 2.35. The summed E-state index contributed by atoms with van der Waals surface area (Å²) >= 11 is 3.24. The molecule has 3 nitrogen and oxygen atoms in total. The van der Waals surface area contributed by atoms with E-state index in [9.17, 15) is 9.18 Å². The molecule has 0 atom stereocenters. The molecule has 92 valence electrons. The highest BCUT2D eigenvalue weighted by atomic mass is 79.9. The van der Waals surface area contributed by atoms with Crippen LogP contribution < -0.4 is 4.74 Å². The smallest absolute Gasteiger partial charge is 0.339 e. The number of aromatic carboxylic acids is 1. The van der Waals surface area contributed by atoms with E-state index in [0.717, 1.165) is 0 Å².